The van der Waals surface area contributed by atoms with Crippen molar-refractivity contribution in [2.75, 3.05) is 18.5 Å². The fourth-order valence-electron chi connectivity index (χ4n) is 2.93. The van der Waals surface area contributed by atoms with E-state index in [0.29, 0.717) is 11.4 Å². The van der Waals surface area contributed by atoms with Crippen LogP contribution in [0, 0.1) is 0 Å². The standard InChI is InChI=1S/C19H17N3O3S3/c1-3-22-17(23)16(18-21(2)14-11-7-8-12-15(14)26-18)27-19(22)20-28(24,25)13-9-5-4-6-10-13/h4-12H,3H2,1-2H3/b18-16+,20-19+. The Bertz CT molecular complexity index is 1110. The van der Waals surface area contributed by atoms with Gasteiger partial charge in [-0.05, 0) is 43.0 Å². The summed E-state index contributed by atoms with van der Waals surface area (Å²) in [5.74, 6) is -0.225. The molecule has 0 saturated carbocycles. The zero-order chi connectivity index (χ0) is 19.9. The van der Waals surface area contributed by atoms with Crippen molar-refractivity contribution in [1.29, 1.82) is 0 Å². The maximum absolute atomic E-state index is 13.0. The van der Waals surface area contributed by atoms with E-state index in [-0.39, 0.29) is 16.0 Å². The number of carbonyl (C=O) groups is 1. The Morgan fingerprint density at radius 1 is 1.00 bits per heavy atom. The molecule has 0 N–H and O–H groups in total. The number of thioether (sulfide) groups is 2. The molecule has 0 spiro atoms. The summed E-state index contributed by atoms with van der Waals surface area (Å²) < 4.78 is 29.3. The number of amidine groups is 1. The molecule has 2 aliphatic heterocycles. The SMILES string of the molecule is CCN1C(=O)/C(=C2\Sc3ccccc3N2C)S/C1=N/S(=O)(=O)c1ccccc1. The van der Waals surface area contributed by atoms with Crippen LogP contribution in [0.5, 0.6) is 0 Å². The molecule has 2 aliphatic rings. The van der Waals surface area contributed by atoms with Gasteiger partial charge in [-0.25, -0.2) is 0 Å². The Hall–Kier alpha value is -2.23. The summed E-state index contributed by atoms with van der Waals surface area (Å²) >= 11 is 2.62. The molecule has 0 aromatic heterocycles. The number of amides is 1. The van der Waals surface area contributed by atoms with Crippen molar-refractivity contribution in [1.82, 2.24) is 4.90 Å². The number of para-hydroxylation sites is 1. The van der Waals surface area contributed by atoms with E-state index in [1.54, 1.807) is 25.1 Å². The van der Waals surface area contributed by atoms with Crippen molar-refractivity contribution in [3.05, 3.63) is 64.5 Å². The lowest BCUT2D eigenvalue weighted by Crippen LogP contribution is -2.30. The topological polar surface area (TPSA) is 70.1 Å². The molecule has 28 heavy (non-hydrogen) atoms. The van der Waals surface area contributed by atoms with Gasteiger partial charge in [-0.15, -0.1) is 4.40 Å². The highest BCUT2D eigenvalue weighted by Gasteiger charge is 2.39. The Morgan fingerprint density at radius 3 is 2.36 bits per heavy atom. The van der Waals surface area contributed by atoms with Gasteiger partial charge in [-0.2, -0.15) is 8.42 Å². The van der Waals surface area contributed by atoms with Crippen LogP contribution in [0.1, 0.15) is 6.92 Å². The van der Waals surface area contributed by atoms with Crippen LogP contribution in [0.3, 0.4) is 0 Å². The molecule has 2 aromatic carbocycles. The van der Waals surface area contributed by atoms with E-state index in [1.807, 2.05) is 36.2 Å². The van der Waals surface area contributed by atoms with E-state index >= 15 is 0 Å². The van der Waals surface area contributed by atoms with E-state index in [9.17, 15) is 13.2 Å². The molecule has 4 rings (SSSR count). The van der Waals surface area contributed by atoms with Gasteiger partial charge in [0.25, 0.3) is 15.9 Å². The summed E-state index contributed by atoms with van der Waals surface area (Å²) in [6.07, 6.45) is 0. The molecule has 1 saturated heterocycles. The Labute approximate surface area is 172 Å². The Balaban J connectivity index is 1.74. The van der Waals surface area contributed by atoms with Gasteiger partial charge in [0, 0.05) is 18.5 Å². The minimum absolute atomic E-state index is 0.104. The van der Waals surface area contributed by atoms with Crippen LogP contribution < -0.4 is 4.90 Å². The number of fused-ring (bicyclic) bond motifs is 1. The predicted octanol–water partition coefficient (Wildman–Crippen LogP) is 3.74. The Kier molecular flexibility index (Phi) is 4.98. The van der Waals surface area contributed by atoms with Crippen LogP contribution in [0.15, 0.2) is 78.7 Å². The van der Waals surface area contributed by atoms with Crippen LogP contribution in [0.25, 0.3) is 0 Å². The van der Waals surface area contributed by atoms with E-state index in [1.165, 1.54) is 28.8 Å². The van der Waals surface area contributed by atoms with Crippen molar-refractivity contribution in [3.8, 4) is 0 Å². The van der Waals surface area contributed by atoms with Gasteiger partial charge < -0.3 is 4.90 Å². The summed E-state index contributed by atoms with van der Waals surface area (Å²) in [5, 5.41) is 0.973. The summed E-state index contributed by atoms with van der Waals surface area (Å²) in [4.78, 5) is 18.0. The van der Waals surface area contributed by atoms with Crippen LogP contribution in [0.2, 0.25) is 0 Å². The normalized spacial score (nSPS) is 20.9. The lowest BCUT2D eigenvalue weighted by atomic mass is 10.3. The van der Waals surface area contributed by atoms with Gasteiger partial charge in [0.15, 0.2) is 5.17 Å². The second kappa shape index (κ2) is 7.31. The fourth-order valence-corrected chi connectivity index (χ4v) is 6.54. The van der Waals surface area contributed by atoms with Gasteiger partial charge in [-0.1, -0.05) is 42.1 Å². The zero-order valence-corrected chi connectivity index (χ0v) is 17.6. The summed E-state index contributed by atoms with van der Waals surface area (Å²) in [6, 6.07) is 15.9. The van der Waals surface area contributed by atoms with E-state index < -0.39 is 10.0 Å². The highest BCUT2D eigenvalue weighted by atomic mass is 32.2. The van der Waals surface area contributed by atoms with Crippen LogP contribution >= 0.6 is 23.5 Å². The van der Waals surface area contributed by atoms with Crippen molar-refractivity contribution >= 4 is 50.3 Å². The molecule has 0 radical (unpaired) electrons. The summed E-state index contributed by atoms with van der Waals surface area (Å²) in [7, 11) is -1.99. The number of nitrogens with zero attached hydrogens (tertiary/aromatic N) is 3. The molecule has 2 aromatic rings. The molecule has 9 heteroatoms. The van der Waals surface area contributed by atoms with Crippen molar-refractivity contribution in [3.63, 3.8) is 0 Å². The molecule has 6 nitrogen and oxygen atoms in total. The first-order chi connectivity index (χ1) is 13.4. The second-order valence-corrected chi connectivity index (χ2v) is 9.69. The number of likely N-dealkylation sites (N-methyl/N-ethyl adjacent to an activating group) is 1. The number of rotatable bonds is 3. The van der Waals surface area contributed by atoms with Crippen LogP contribution in [0.4, 0.5) is 5.69 Å². The van der Waals surface area contributed by atoms with Crippen molar-refractivity contribution < 1.29 is 13.2 Å². The summed E-state index contributed by atoms with van der Waals surface area (Å²) in [6.45, 7) is 2.14. The highest BCUT2D eigenvalue weighted by molar-refractivity contribution is 8.19. The van der Waals surface area contributed by atoms with Gasteiger partial charge in [-0.3, -0.25) is 9.69 Å². The molecule has 0 bridgehead atoms. The molecule has 2 heterocycles. The van der Waals surface area contributed by atoms with E-state index in [0.717, 1.165) is 27.4 Å². The quantitative estimate of drug-likeness (QED) is 0.690. The first kappa shape index (κ1) is 19.1. The average Bonchev–Trinajstić information content (AvgIpc) is 3.19. The lowest BCUT2D eigenvalue weighted by Gasteiger charge is -2.15. The minimum atomic E-state index is -3.89. The summed E-state index contributed by atoms with van der Waals surface area (Å²) in [5.41, 5.74) is 1.02. The maximum Gasteiger partial charge on any atom is 0.284 e. The molecule has 0 unspecified atom stereocenters. The molecule has 1 amide bonds. The monoisotopic (exact) mass is 431 g/mol. The number of sulfonamides is 1. The van der Waals surface area contributed by atoms with Crippen molar-refractivity contribution in [2.45, 2.75) is 16.7 Å². The lowest BCUT2D eigenvalue weighted by molar-refractivity contribution is -0.122. The minimum Gasteiger partial charge on any atom is -0.337 e. The van der Waals surface area contributed by atoms with Crippen LogP contribution in [-0.2, 0) is 14.8 Å². The number of hydrogen-bond acceptors (Lipinski definition) is 6. The molecular formula is C19H17N3O3S3. The Morgan fingerprint density at radius 2 is 1.68 bits per heavy atom. The molecule has 1 fully saturated rings. The molecular weight excluding hydrogens is 414 g/mol. The highest BCUT2D eigenvalue weighted by Crippen LogP contribution is 2.49. The first-order valence-corrected chi connectivity index (χ1v) is 11.6. The number of hydrogen-bond donors (Lipinski definition) is 0. The second-order valence-electron chi connectivity index (χ2n) is 6.08. The number of benzene rings is 2. The van der Waals surface area contributed by atoms with Gasteiger partial charge >= 0.3 is 0 Å². The third-order valence-corrected chi connectivity index (χ3v) is 8.18. The molecule has 0 atom stereocenters. The fraction of sp³-hybridized carbons (Fsp3) is 0.158. The zero-order valence-electron chi connectivity index (χ0n) is 15.2. The van der Waals surface area contributed by atoms with Gasteiger partial charge in [0.2, 0.25) is 0 Å². The molecule has 144 valence electrons. The van der Waals surface area contributed by atoms with Gasteiger partial charge in [0.05, 0.1) is 15.6 Å². The molecule has 0 aliphatic carbocycles. The predicted molar refractivity (Wildman–Crippen MR) is 114 cm³/mol. The van der Waals surface area contributed by atoms with Gasteiger partial charge in [0.1, 0.15) is 4.91 Å². The number of anilines is 1. The number of carbonyl (C=O) groups excluding carboxylic acids is 1. The van der Waals surface area contributed by atoms with Crippen molar-refractivity contribution in [2.24, 2.45) is 4.40 Å². The van der Waals surface area contributed by atoms with E-state index in [4.69, 9.17) is 0 Å². The average molecular weight is 432 g/mol. The third-order valence-electron chi connectivity index (χ3n) is 4.35. The first-order valence-electron chi connectivity index (χ1n) is 8.57. The smallest absolute Gasteiger partial charge is 0.284 e. The maximum atomic E-state index is 13.0. The van der Waals surface area contributed by atoms with Crippen LogP contribution in [-0.4, -0.2) is 38.0 Å². The van der Waals surface area contributed by atoms with E-state index in [2.05, 4.69) is 4.40 Å². The third kappa shape index (κ3) is 3.23. The largest absolute Gasteiger partial charge is 0.337 e.